The molecule has 0 saturated heterocycles. The van der Waals surface area contributed by atoms with E-state index in [2.05, 4.69) is 82.8 Å². The fourth-order valence-electron chi connectivity index (χ4n) is 3.54. The van der Waals surface area contributed by atoms with E-state index in [-0.39, 0.29) is 5.41 Å². The molecular weight excluding hydrogens is 430 g/mol. The molecule has 0 saturated carbocycles. The highest BCUT2D eigenvalue weighted by Crippen LogP contribution is 2.48. The van der Waals surface area contributed by atoms with Gasteiger partial charge in [0.25, 0.3) is 0 Å². The van der Waals surface area contributed by atoms with Gasteiger partial charge in [-0.15, -0.1) is 0 Å². The second-order valence-electron chi connectivity index (χ2n) is 6.81. The zero-order chi connectivity index (χ0) is 17.2. The van der Waals surface area contributed by atoms with Gasteiger partial charge in [-0.2, -0.15) is 0 Å². The van der Waals surface area contributed by atoms with Crippen LogP contribution < -0.4 is 4.90 Å². The van der Waals surface area contributed by atoms with Crippen molar-refractivity contribution >= 4 is 54.4 Å². The van der Waals surface area contributed by atoms with Crippen molar-refractivity contribution in [2.75, 3.05) is 11.9 Å². The van der Waals surface area contributed by atoms with E-state index in [1.54, 1.807) is 0 Å². The Morgan fingerprint density at radius 3 is 2.29 bits per heavy atom. The minimum Gasteiger partial charge on any atom is -0.327 e. The van der Waals surface area contributed by atoms with Crippen LogP contribution in [-0.4, -0.2) is 17.0 Å². The number of hydrogen-bond donors (Lipinski definition) is 0. The highest BCUT2D eigenvalue weighted by molar-refractivity contribution is 9.13. The van der Waals surface area contributed by atoms with Crippen molar-refractivity contribution in [3.05, 3.63) is 56.1 Å². The summed E-state index contributed by atoms with van der Waals surface area (Å²) in [6.45, 7) is 6.61. The number of aromatic nitrogens is 2. The van der Waals surface area contributed by atoms with Crippen LogP contribution >= 0.6 is 31.9 Å². The van der Waals surface area contributed by atoms with Crippen LogP contribution in [0, 0.1) is 6.92 Å². The fraction of sp³-hybridized carbons (Fsp3) is 0.263. The zero-order valence-corrected chi connectivity index (χ0v) is 17.2. The monoisotopic (exact) mass is 445 g/mol. The van der Waals surface area contributed by atoms with Crippen LogP contribution in [0.25, 0.3) is 11.0 Å². The van der Waals surface area contributed by atoms with E-state index in [1.807, 2.05) is 12.1 Å². The third kappa shape index (κ3) is 2.14. The smallest absolute Gasteiger partial charge is 0.156 e. The maximum atomic E-state index is 4.99. The molecule has 2 heterocycles. The van der Waals surface area contributed by atoms with Gasteiger partial charge in [0.05, 0.1) is 16.7 Å². The minimum atomic E-state index is -0.191. The van der Waals surface area contributed by atoms with Gasteiger partial charge >= 0.3 is 0 Å². The molecule has 0 bridgehead atoms. The number of para-hydroxylation sites is 1. The predicted octanol–water partition coefficient (Wildman–Crippen LogP) is 5.87. The van der Waals surface area contributed by atoms with Crippen LogP contribution in [0.1, 0.15) is 30.7 Å². The Balaban J connectivity index is 2.08. The lowest BCUT2D eigenvalue weighted by Crippen LogP contribution is -2.33. The molecule has 5 heteroatoms. The molecule has 122 valence electrons. The Morgan fingerprint density at radius 1 is 1.00 bits per heavy atom. The van der Waals surface area contributed by atoms with Crippen LogP contribution in [-0.2, 0) is 5.41 Å². The van der Waals surface area contributed by atoms with Gasteiger partial charge < -0.3 is 4.90 Å². The molecule has 1 aromatic heterocycles. The van der Waals surface area contributed by atoms with E-state index in [0.717, 1.165) is 31.5 Å². The molecule has 4 rings (SSSR count). The Bertz CT molecular complexity index is 996. The maximum absolute atomic E-state index is 4.99. The summed E-state index contributed by atoms with van der Waals surface area (Å²) in [4.78, 5) is 12.1. The molecule has 0 amide bonds. The van der Waals surface area contributed by atoms with E-state index in [0.29, 0.717) is 0 Å². The average molecular weight is 447 g/mol. The van der Waals surface area contributed by atoms with Crippen molar-refractivity contribution in [3.8, 4) is 0 Å². The molecule has 0 N–H and O–H groups in total. The van der Waals surface area contributed by atoms with Crippen LogP contribution in [0.5, 0.6) is 0 Å². The van der Waals surface area contributed by atoms with E-state index in [4.69, 9.17) is 9.97 Å². The zero-order valence-electron chi connectivity index (χ0n) is 14.0. The van der Waals surface area contributed by atoms with Gasteiger partial charge in [-0.05, 0) is 75.9 Å². The second kappa shape index (κ2) is 5.27. The quantitative estimate of drug-likeness (QED) is 0.432. The number of halogens is 2. The Hall–Kier alpha value is -1.46. The molecule has 1 aliphatic heterocycles. The fourth-order valence-corrected chi connectivity index (χ4v) is 4.20. The van der Waals surface area contributed by atoms with Gasteiger partial charge in [0.1, 0.15) is 0 Å². The van der Waals surface area contributed by atoms with Crippen LogP contribution in [0.3, 0.4) is 0 Å². The normalized spacial score (nSPS) is 15.3. The van der Waals surface area contributed by atoms with Gasteiger partial charge in [0.2, 0.25) is 0 Å². The Kier molecular flexibility index (Phi) is 3.52. The van der Waals surface area contributed by atoms with E-state index < -0.39 is 0 Å². The largest absolute Gasteiger partial charge is 0.327 e. The summed E-state index contributed by atoms with van der Waals surface area (Å²) < 4.78 is 1.97. The summed E-state index contributed by atoms with van der Waals surface area (Å²) in [6.07, 6.45) is 0. The molecule has 3 aromatic rings. The van der Waals surface area contributed by atoms with E-state index in [9.17, 15) is 0 Å². The summed E-state index contributed by atoms with van der Waals surface area (Å²) in [5, 5.41) is 0. The van der Waals surface area contributed by atoms with Crippen molar-refractivity contribution in [1.29, 1.82) is 0 Å². The summed E-state index contributed by atoms with van der Waals surface area (Å²) in [7, 11) is 2.08. The number of rotatable bonds is 0. The molecule has 24 heavy (non-hydrogen) atoms. The van der Waals surface area contributed by atoms with Gasteiger partial charge in [0, 0.05) is 27.1 Å². The lowest BCUT2D eigenvalue weighted by molar-refractivity contribution is 0.603. The van der Waals surface area contributed by atoms with E-state index >= 15 is 0 Å². The average Bonchev–Trinajstić information content (AvgIpc) is 2.53. The minimum absolute atomic E-state index is 0.191. The number of nitrogens with zero attached hydrogens (tertiary/aromatic N) is 3. The van der Waals surface area contributed by atoms with Crippen molar-refractivity contribution < 1.29 is 0 Å². The first-order valence-corrected chi connectivity index (χ1v) is 9.40. The third-order valence-electron chi connectivity index (χ3n) is 4.84. The lowest BCUT2D eigenvalue weighted by Gasteiger charge is -2.39. The number of fused-ring (bicyclic) bond motifs is 3. The summed E-state index contributed by atoms with van der Waals surface area (Å²) >= 11 is 7.12. The molecule has 1 aliphatic rings. The first-order valence-electron chi connectivity index (χ1n) is 7.82. The topological polar surface area (TPSA) is 29.0 Å². The summed E-state index contributed by atoms with van der Waals surface area (Å²) in [6, 6.07) is 10.5. The molecule has 0 unspecified atom stereocenters. The SMILES string of the molecule is Cc1cccc2c1N(C)c1nc3cc(Br)c(Br)cc3nc1C2(C)C. The predicted molar refractivity (Wildman–Crippen MR) is 106 cm³/mol. The van der Waals surface area contributed by atoms with Gasteiger partial charge in [0.15, 0.2) is 5.82 Å². The van der Waals surface area contributed by atoms with Crippen molar-refractivity contribution in [3.63, 3.8) is 0 Å². The van der Waals surface area contributed by atoms with Crippen molar-refractivity contribution in [2.45, 2.75) is 26.2 Å². The lowest BCUT2D eigenvalue weighted by atomic mass is 9.76. The first kappa shape index (κ1) is 16.0. The van der Waals surface area contributed by atoms with E-state index in [1.165, 1.54) is 16.8 Å². The first-order chi connectivity index (χ1) is 11.3. The van der Waals surface area contributed by atoms with Gasteiger partial charge in [-0.1, -0.05) is 18.2 Å². The molecule has 0 radical (unpaired) electrons. The molecule has 0 fully saturated rings. The molecule has 0 spiro atoms. The number of benzene rings is 2. The standard InChI is InChI=1S/C19H17Br2N3/c1-10-6-5-7-11-16(10)24(4)18-17(19(11,2)3)22-14-8-12(20)13(21)9-15(14)23-18/h5-9H,1-4H3. The molecule has 0 atom stereocenters. The summed E-state index contributed by atoms with van der Waals surface area (Å²) in [5.41, 5.74) is 6.41. The number of aryl methyl sites for hydroxylation is 1. The third-order valence-corrected chi connectivity index (χ3v) is 6.69. The summed E-state index contributed by atoms with van der Waals surface area (Å²) in [5.74, 6) is 0.934. The Labute approximate surface area is 158 Å². The molecule has 3 nitrogen and oxygen atoms in total. The highest BCUT2D eigenvalue weighted by atomic mass is 79.9. The van der Waals surface area contributed by atoms with Gasteiger partial charge in [-0.3, -0.25) is 0 Å². The highest BCUT2D eigenvalue weighted by Gasteiger charge is 2.38. The number of anilines is 2. The van der Waals surface area contributed by atoms with Crippen molar-refractivity contribution in [2.24, 2.45) is 0 Å². The maximum Gasteiger partial charge on any atom is 0.156 e. The molecule has 0 aliphatic carbocycles. The molecule has 2 aromatic carbocycles. The van der Waals surface area contributed by atoms with Crippen molar-refractivity contribution in [1.82, 2.24) is 9.97 Å². The van der Waals surface area contributed by atoms with Crippen LogP contribution in [0.4, 0.5) is 11.5 Å². The number of hydrogen-bond acceptors (Lipinski definition) is 3. The van der Waals surface area contributed by atoms with Crippen LogP contribution in [0.2, 0.25) is 0 Å². The second-order valence-corrected chi connectivity index (χ2v) is 8.51. The van der Waals surface area contributed by atoms with Gasteiger partial charge in [-0.25, -0.2) is 9.97 Å². The van der Waals surface area contributed by atoms with Crippen LogP contribution in [0.15, 0.2) is 39.3 Å². The molecular formula is C19H17Br2N3. The Morgan fingerprint density at radius 2 is 1.62 bits per heavy atom.